The lowest BCUT2D eigenvalue weighted by Crippen LogP contribution is -2.47. The summed E-state index contributed by atoms with van der Waals surface area (Å²) in [5, 5.41) is 27.7. The summed E-state index contributed by atoms with van der Waals surface area (Å²) in [6.45, 7) is -0.701. The summed E-state index contributed by atoms with van der Waals surface area (Å²) in [5.74, 6) is -0.467. The second kappa shape index (κ2) is 5.62. The molecular formula is C10H13ClFN3O5. The fourth-order valence-corrected chi connectivity index (χ4v) is 2.29. The van der Waals surface area contributed by atoms with Gasteiger partial charge in [-0.3, -0.25) is 15.3 Å². The Morgan fingerprint density at radius 3 is 2.80 bits per heavy atom. The van der Waals surface area contributed by atoms with Gasteiger partial charge in [-0.25, -0.2) is 9.18 Å². The van der Waals surface area contributed by atoms with Gasteiger partial charge in [0, 0.05) is 6.20 Å². The van der Waals surface area contributed by atoms with E-state index in [1.54, 1.807) is 5.48 Å². The van der Waals surface area contributed by atoms with Crippen LogP contribution in [-0.4, -0.2) is 55.3 Å². The van der Waals surface area contributed by atoms with Crippen molar-refractivity contribution in [1.82, 2.24) is 9.55 Å². The third kappa shape index (κ3) is 2.27. The first kappa shape index (κ1) is 15.1. The number of alkyl halides is 2. The first-order chi connectivity index (χ1) is 9.49. The minimum absolute atomic E-state index is 0.119. The number of aliphatic hydroxyl groups excluding tert-OH is 2. The zero-order chi connectivity index (χ0) is 14.9. The molecule has 1 aromatic rings. The lowest BCUT2D eigenvalue weighted by Gasteiger charge is -2.26. The molecule has 0 spiro atoms. The topological polar surface area (TPSA) is 117 Å². The Hall–Kier alpha value is -1.26. The van der Waals surface area contributed by atoms with Crippen LogP contribution in [0.4, 0.5) is 10.2 Å². The molecule has 0 saturated carbocycles. The van der Waals surface area contributed by atoms with Crippen molar-refractivity contribution in [2.45, 2.75) is 24.1 Å². The van der Waals surface area contributed by atoms with E-state index >= 15 is 0 Å². The molecule has 2 rings (SSSR count). The van der Waals surface area contributed by atoms with Crippen molar-refractivity contribution in [3.8, 4) is 0 Å². The predicted octanol–water partition coefficient (Wildman–Crippen LogP) is -0.758. The number of halogens is 2. The molecule has 4 N–H and O–H groups in total. The monoisotopic (exact) mass is 309 g/mol. The van der Waals surface area contributed by atoms with Crippen LogP contribution in [0.2, 0.25) is 0 Å². The van der Waals surface area contributed by atoms with Gasteiger partial charge < -0.3 is 14.9 Å². The zero-order valence-electron chi connectivity index (χ0n) is 10.1. The van der Waals surface area contributed by atoms with Crippen LogP contribution in [-0.2, 0) is 4.74 Å². The quantitative estimate of drug-likeness (QED) is 0.427. The number of rotatable bonds is 4. The summed E-state index contributed by atoms with van der Waals surface area (Å²) < 4.78 is 20.2. The van der Waals surface area contributed by atoms with E-state index in [-0.39, 0.29) is 11.7 Å². The Labute approximate surface area is 117 Å². The van der Waals surface area contributed by atoms with Crippen LogP contribution >= 0.6 is 11.6 Å². The van der Waals surface area contributed by atoms with E-state index in [9.17, 15) is 19.4 Å². The highest BCUT2D eigenvalue weighted by molar-refractivity contribution is 6.18. The van der Waals surface area contributed by atoms with Crippen molar-refractivity contribution in [1.29, 1.82) is 0 Å². The fourth-order valence-electron chi connectivity index (χ4n) is 1.98. The first-order valence-electron chi connectivity index (χ1n) is 5.65. The molecule has 1 saturated heterocycles. The number of aromatic nitrogens is 2. The fraction of sp³-hybridized carbons (Fsp3) is 0.600. The van der Waals surface area contributed by atoms with Gasteiger partial charge in [-0.05, 0) is 6.07 Å². The third-order valence-corrected chi connectivity index (χ3v) is 3.63. The average Bonchev–Trinajstić information content (AvgIpc) is 2.72. The molecule has 0 aliphatic carbocycles. The molecule has 0 bridgehead atoms. The molecule has 0 radical (unpaired) electrons. The Balaban J connectivity index is 2.37. The molecule has 1 aliphatic heterocycles. The zero-order valence-corrected chi connectivity index (χ0v) is 10.9. The number of anilines is 1. The molecule has 20 heavy (non-hydrogen) atoms. The van der Waals surface area contributed by atoms with Crippen molar-refractivity contribution in [2.24, 2.45) is 0 Å². The summed E-state index contributed by atoms with van der Waals surface area (Å²) in [6.07, 6.45) is -3.98. The number of nitrogens with zero attached hydrogens (tertiary/aromatic N) is 2. The van der Waals surface area contributed by atoms with Gasteiger partial charge in [0.2, 0.25) is 0 Å². The lowest BCUT2D eigenvalue weighted by molar-refractivity contribution is -0.115. The van der Waals surface area contributed by atoms with Gasteiger partial charge in [0.25, 0.3) is 0 Å². The molecule has 1 aromatic heterocycles. The Morgan fingerprint density at radius 1 is 1.65 bits per heavy atom. The summed E-state index contributed by atoms with van der Waals surface area (Å²) in [7, 11) is 0. The average molecular weight is 310 g/mol. The molecule has 0 amide bonds. The molecular weight excluding hydrogens is 297 g/mol. The number of hydrogen-bond acceptors (Lipinski definition) is 7. The normalized spacial score (nSPS) is 33.4. The van der Waals surface area contributed by atoms with Gasteiger partial charge in [0.05, 0.1) is 12.5 Å². The van der Waals surface area contributed by atoms with Crippen molar-refractivity contribution in [3.05, 3.63) is 22.7 Å². The van der Waals surface area contributed by atoms with Crippen LogP contribution in [0.5, 0.6) is 0 Å². The summed E-state index contributed by atoms with van der Waals surface area (Å²) >= 11 is 5.61. The largest absolute Gasteiger partial charge is 0.393 e. The SMILES string of the molecule is O=c1nc(NO)ccn1C1O[C@@](CO)(CCl)[C@@H](O)[C@H]1F. The van der Waals surface area contributed by atoms with Crippen molar-refractivity contribution in [2.75, 3.05) is 18.0 Å². The van der Waals surface area contributed by atoms with Gasteiger partial charge in [0.15, 0.2) is 18.2 Å². The highest BCUT2D eigenvalue weighted by Gasteiger charge is 2.55. The second-order valence-electron chi connectivity index (χ2n) is 4.37. The van der Waals surface area contributed by atoms with Crippen LogP contribution in [0.15, 0.2) is 17.1 Å². The highest BCUT2D eigenvalue weighted by atomic mass is 35.5. The molecule has 1 fully saturated rings. The van der Waals surface area contributed by atoms with Crippen LogP contribution in [0, 0.1) is 0 Å². The Bertz CT molecular complexity index is 538. The Kier molecular flexibility index (Phi) is 4.25. The van der Waals surface area contributed by atoms with E-state index in [1.165, 1.54) is 6.07 Å². The molecule has 2 heterocycles. The maximum Gasteiger partial charge on any atom is 0.351 e. The van der Waals surface area contributed by atoms with Gasteiger partial charge in [-0.2, -0.15) is 4.98 Å². The van der Waals surface area contributed by atoms with E-state index in [2.05, 4.69) is 4.98 Å². The maximum absolute atomic E-state index is 14.1. The summed E-state index contributed by atoms with van der Waals surface area (Å²) in [5.41, 5.74) is -0.903. The molecule has 8 nitrogen and oxygen atoms in total. The first-order valence-corrected chi connectivity index (χ1v) is 6.18. The van der Waals surface area contributed by atoms with Gasteiger partial charge in [-0.1, -0.05) is 0 Å². The highest BCUT2D eigenvalue weighted by Crippen LogP contribution is 2.39. The third-order valence-electron chi connectivity index (χ3n) is 3.18. The molecule has 10 heteroatoms. The van der Waals surface area contributed by atoms with Crippen LogP contribution in [0.3, 0.4) is 0 Å². The molecule has 4 atom stereocenters. The van der Waals surface area contributed by atoms with Crippen molar-refractivity contribution < 1.29 is 24.5 Å². The summed E-state index contributed by atoms with van der Waals surface area (Å²) in [4.78, 5) is 15.1. The van der Waals surface area contributed by atoms with Gasteiger partial charge in [-0.15, -0.1) is 11.6 Å². The molecule has 112 valence electrons. The van der Waals surface area contributed by atoms with Gasteiger partial charge >= 0.3 is 5.69 Å². The predicted molar refractivity (Wildman–Crippen MR) is 65.5 cm³/mol. The minimum atomic E-state index is -1.96. The van der Waals surface area contributed by atoms with Crippen molar-refractivity contribution in [3.63, 3.8) is 0 Å². The number of hydrogen-bond donors (Lipinski definition) is 4. The van der Waals surface area contributed by atoms with E-state index in [1.807, 2.05) is 0 Å². The number of nitrogens with one attached hydrogen (secondary N) is 1. The van der Waals surface area contributed by atoms with Crippen LogP contribution < -0.4 is 11.2 Å². The molecule has 1 unspecified atom stereocenters. The maximum atomic E-state index is 14.1. The minimum Gasteiger partial charge on any atom is -0.393 e. The molecule has 1 aliphatic rings. The lowest BCUT2D eigenvalue weighted by atomic mass is 9.99. The Morgan fingerprint density at radius 2 is 2.35 bits per heavy atom. The van der Waals surface area contributed by atoms with E-state index in [0.717, 1.165) is 10.8 Å². The number of ether oxygens (including phenoxy) is 1. The summed E-state index contributed by atoms with van der Waals surface area (Å²) in [6, 6.07) is 1.21. The van der Waals surface area contributed by atoms with E-state index in [4.69, 9.17) is 21.5 Å². The van der Waals surface area contributed by atoms with Crippen LogP contribution in [0.25, 0.3) is 0 Å². The van der Waals surface area contributed by atoms with Crippen molar-refractivity contribution >= 4 is 17.4 Å². The smallest absolute Gasteiger partial charge is 0.351 e. The molecule has 0 aromatic carbocycles. The van der Waals surface area contributed by atoms with E-state index in [0.29, 0.717) is 0 Å². The second-order valence-corrected chi connectivity index (χ2v) is 4.64. The number of aliphatic hydroxyl groups is 2. The van der Waals surface area contributed by atoms with E-state index < -0.39 is 36.4 Å². The van der Waals surface area contributed by atoms with Gasteiger partial charge in [0.1, 0.15) is 11.7 Å². The standard InChI is InChI=1S/C10H13ClFN3O5/c11-3-10(4-16)7(17)6(12)8(20-10)15-2-1-5(14-19)13-9(15)18/h1-2,6-8,16-17,19H,3-4H2,(H,13,14,18)/t6-,7+,8?,10-/m1/s1. The van der Waals surface area contributed by atoms with Crippen LogP contribution in [0.1, 0.15) is 6.23 Å².